The molecule has 31 heavy (non-hydrogen) atoms. The third-order valence-electron chi connectivity index (χ3n) is 6.76. The lowest BCUT2D eigenvalue weighted by molar-refractivity contribution is -0.123. The molecule has 6 heteroatoms. The van der Waals surface area contributed by atoms with E-state index in [0.717, 1.165) is 6.42 Å². The smallest absolute Gasteiger partial charge is 0.238 e. The monoisotopic (exact) mass is 417 g/mol. The molecule has 0 radical (unpaired) electrons. The highest BCUT2D eigenvalue weighted by molar-refractivity contribution is 6.22. The molecule has 0 aromatic heterocycles. The van der Waals surface area contributed by atoms with Crippen LogP contribution in [-0.2, 0) is 9.59 Å². The number of ketones is 1. The molecule has 0 spiro atoms. The Bertz CT molecular complexity index is 1090. The fourth-order valence-corrected chi connectivity index (χ4v) is 5.23. The predicted molar refractivity (Wildman–Crippen MR) is 114 cm³/mol. The molecule has 2 aromatic carbocycles. The van der Waals surface area contributed by atoms with Crippen molar-refractivity contribution in [1.82, 2.24) is 0 Å². The third-order valence-corrected chi connectivity index (χ3v) is 6.76. The first-order valence-corrected chi connectivity index (χ1v) is 10.4. The maximum atomic E-state index is 13.0. The molecule has 1 aliphatic heterocycles. The summed E-state index contributed by atoms with van der Waals surface area (Å²) < 4.78 is 10.7. The van der Waals surface area contributed by atoms with Crippen LogP contribution in [0, 0.1) is 23.7 Å². The van der Waals surface area contributed by atoms with Crippen LogP contribution in [0.1, 0.15) is 23.7 Å². The molecule has 2 fully saturated rings. The number of fused-ring (bicyclic) bond motifs is 5. The number of nitrogens with zero attached hydrogens (tertiary/aromatic N) is 1. The summed E-state index contributed by atoms with van der Waals surface area (Å²) in [5.74, 6) is 0.770. The van der Waals surface area contributed by atoms with E-state index < -0.39 is 0 Å². The number of Topliss-reactive ketones (excluding diaryl/α,β-unsaturated/α-hetero) is 1. The van der Waals surface area contributed by atoms with Gasteiger partial charge < -0.3 is 9.47 Å². The van der Waals surface area contributed by atoms with E-state index >= 15 is 0 Å². The highest BCUT2D eigenvalue weighted by Gasteiger charge is 2.60. The third kappa shape index (κ3) is 3.14. The van der Waals surface area contributed by atoms with Gasteiger partial charge in [0, 0.05) is 5.56 Å². The summed E-state index contributed by atoms with van der Waals surface area (Å²) in [6.45, 7) is 1.95. The Hall–Kier alpha value is -3.41. The van der Waals surface area contributed by atoms with E-state index in [2.05, 4.69) is 13.0 Å². The lowest BCUT2D eigenvalue weighted by Gasteiger charge is -2.19. The van der Waals surface area contributed by atoms with E-state index in [9.17, 15) is 14.4 Å². The number of hydrogen-bond acceptors (Lipinski definition) is 5. The molecule has 0 N–H and O–H groups in total. The molecule has 2 bridgehead atoms. The second-order valence-electron chi connectivity index (χ2n) is 8.41. The van der Waals surface area contributed by atoms with Crippen LogP contribution in [0.5, 0.6) is 11.5 Å². The van der Waals surface area contributed by atoms with E-state index in [1.807, 2.05) is 0 Å². The fraction of sp³-hybridized carbons (Fsp3) is 0.320. The van der Waals surface area contributed by atoms with Crippen molar-refractivity contribution in [1.29, 1.82) is 0 Å². The predicted octanol–water partition coefficient (Wildman–Crippen LogP) is 3.66. The molecular weight excluding hydrogens is 394 g/mol. The van der Waals surface area contributed by atoms with E-state index in [0.29, 0.717) is 22.7 Å². The largest absolute Gasteiger partial charge is 0.497 e. The number of imide groups is 1. The Morgan fingerprint density at radius 2 is 1.61 bits per heavy atom. The Morgan fingerprint density at radius 1 is 0.968 bits per heavy atom. The lowest BCUT2D eigenvalue weighted by Crippen LogP contribution is -2.32. The summed E-state index contributed by atoms with van der Waals surface area (Å²) in [7, 11) is 1.57. The van der Waals surface area contributed by atoms with Gasteiger partial charge in [0.2, 0.25) is 11.8 Å². The average Bonchev–Trinajstić information content (AvgIpc) is 3.43. The molecule has 5 rings (SSSR count). The number of carbonyl (C=O) groups excluding carboxylic acids is 3. The van der Waals surface area contributed by atoms with Gasteiger partial charge in [0.15, 0.2) is 12.4 Å². The van der Waals surface area contributed by atoms with Crippen LogP contribution in [0.4, 0.5) is 5.69 Å². The quantitative estimate of drug-likeness (QED) is 0.407. The van der Waals surface area contributed by atoms with Gasteiger partial charge in [0.05, 0.1) is 24.6 Å². The first kappa shape index (κ1) is 19.5. The molecular formula is C25H23NO5. The Labute approximate surface area is 180 Å². The van der Waals surface area contributed by atoms with Gasteiger partial charge in [-0.15, -0.1) is 0 Å². The number of allylic oxidation sites excluding steroid dienone is 2. The van der Waals surface area contributed by atoms with Crippen LogP contribution < -0.4 is 14.4 Å². The number of methoxy groups -OCH3 is 1. The number of benzene rings is 2. The van der Waals surface area contributed by atoms with E-state index in [1.54, 1.807) is 55.6 Å². The van der Waals surface area contributed by atoms with Gasteiger partial charge in [0.1, 0.15) is 11.5 Å². The summed E-state index contributed by atoms with van der Waals surface area (Å²) in [5.41, 5.74) is 2.32. The van der Waals surface area contributed by atoms with E-state index in [1.165, 1.54) is 10.5 Å². The molecule has 1 saturated heterocycles. The molecule has 1 heterocycles. The number of amides is 2. The van der Waals surface area contributed by atoms with Crippen molar-refractivity contribution in [2.45, 2.75) is 13.3 Å². The van der Waals surface area contributed by atoms with Crippen molar-refractivity contribution in [2.75, 3.05) is 18.6 Å². The van der Waals surface area contributed by atoms with Gasteiger partial charge in [-0.25, -0.2) is 0 Å². The minimum absolute atomic E-state index is 0.0988. The molecule has 0 unspecified atom stereocenters. The molecule has 2 aliphatic carbocycles. The van der Waals surface area contributed by atoms with Crippen molar-refractivity contribution in [2.24, 2.45) is 23.7 Å². The molecule has 6 nitrogen and oxygen atoms in total. The Morgan fingerprint density at radius 3 is 2.29 bits per heavy atom. The summed E-state index contributed by atoms with van der Waals surface area (Å²) in [6, 6.07) is 13.6. The SMILES string of the molecule is COc1ccc(C(=O)COc2ccc(N3C(=O)[C@@H]4[C@H](C3=O)[C@H]3C=C(C)[C@H]4C3)cc2)cc1. The van der Waals surface area contributed by atoms with Crippen LogP contribution in [0.25, 0.3) is 0 Å². The van der Waals surface area contributed by atoms with Crippen molar-refractivity contribution < 1.29 is 23.9 Å². The molecule has 4 atom stereocenters. The summed E-state index contributed by atoms with van der Waals surface area (Å²) in [5, 5.41) is 0. The van der Waals surface area contributed by atoms with Gasteiger partial charge in [-0.05, 0) is 73.7 Å². The van der Waals surface area contributed by atoms with Gasteiger partial charge >= 0.3 is 0 Å². The van der Waals surface area contributed by atoms with Crippen molar-refractivity contribution >= 4 is 23.3 Å². The molecule has 1 saturated carbocycles. The highest BCUT2D eigenvalue weighted by atomic mass is 16.5. The molecule has 3 aliphatic rings. The van der Waals surface area contributed by atoms with Crippen LogP contribution in [0.15, 0.2) is 60.2 Å². The number of hydrogen-bond donors (Lipinski definition) is 0. The topological polar surface area (TPSA) is 72.9 Å². The first-order valence-electron chi connectivity index (χ1n) is 10.4. The standard InChI is InChI=1S/C25H23NO5/c1-14-11-16-12-20(14)23-22(16)24(28)26(25(23)29)17-5-9-19(10-6-17)31-13-21(27)15-3-7-18(30-2)8-4-15/h3-11,16,20,22-23H,12-13H2,1-2H3/t16-,20+,22+,23-/m0/s1. The highest BCUT2D eigenvalue weighted by Crippen LogP contribution is 2.55. The Balaban J connectivity index is 1.25. The van der Waals surface area contributed by atoms with Crippen molar-refractivity contribution in [3.63, 3.8) is 0 Å². The van der Waals surface area contributed by atoms with E-state index in [-0.39, 0.29) is 47.9 Å². The van der Waals surface area contributed by atoms with Gasteiger partial charge in [-0.3, -0.25) is 19.3 Å². The summed E-state index contributed by atoms with van der Waals surface area (Å²) in [6.07, 6.45) is 3.08. The summed E-state index contributed by atoms with van der Waals surface area (Å²) in [4.78, 5) is 39.7. The average molecular weight is 417 g/mol. The zero-order chi connectivity index (χ0) is 21.7. The Kier molecular flexibility index (Phi) is 4.65. The van der Waals surface area contributed by atoms with Gasteiger partial charge in [-0.2, -0.15) is 0 Å². The number of carbonyl (C=O) groups is 3. The van der Waals surface area contributed by atoms with Crippen LogP contribution >= 0.6 is 0 Å². The van der Waals surface area contributed by atoms with Crippen LogP contribution in [0.3, 0.4) is 0 Å². The molecule has 158 valence electrons. The minimum Gasteiger partial charge on any atom is -0.497 e. The maximum Gasteiger partial charge on any atom is 0.238 e. The van der Waals surface area contributed by atoms with Gasteiger partial charge in [0.25, 0.3) is 0 Å². The van der Waals surface area contributed by atoms with Gasteiger partial charge in [-0.1, -0.05) is 11.6 Å². The summed E-state index contributed by atoms with van der Waals surface area (Å²) >= 11 is 0. The lowest BCUT2D eigenvalue weighted by atomic mass is 9.82. The molecule has 2 amide bonds. The number of rotatable bonds is 6. The van der Waals surface area contributed by atoms with Crippen molar-refractivity contribution in [3.8, 4) is 11.5 Å². The molecule has 2 aromatic rings. The van der Waals surface area contributed by atoms with Crippen LogP contribution in [0.2, 0.25) is 0 Å². The maximum absolute atomic E-state index is 13.0. The van der Waals surface area contributed by atoms with Crippen LogP contribution in [-0.4, -0.2) is 31.3 Å². The number of ether oxygens (including phenoxy) is 2. The second-order valence-corrected chi connectivity index (χ2v) is 8.41. The van der Waals surface area contributed by atoms with E-state index in [4.69, 9.17) is 9.47 Å². The first-order chi connectivity index (χ1) is 15.0. The zero-order valence-electron chi connectivity index (χ0n) is 17.4. The normalized spacial score (nSPS) is 26.1. The van der Waals surface area contributed by atoms with Crippen molar-refractivity contribution in [3.05, 3.63) is 65.7 Å². The minimum atomic E-state index is -0.223. The zero-order valence-corrected chi connectivity index (χ0v) is 17.4. The number of anilines is 1. The second kappa shape index (κ2) is 7.38. The fourth-order valence-electron chi connectivity index (χ4n) is 5.23.